The van der Waals surface area contributed by atoms with Gasteiger partial charge in [0.25, 0.3) is 0 Å². The van der Waals surface area contributed by atoms with Crippen LogP contribution in [0.25, 0.3) is 0 Å². The fourth-order valence-corrected chi connectivity index (χ4v) is 3.07. The largest absolute Gasteiger partial charge is 0.466 e. The van der Waals surface area contributed by atoms with Gasteiger partial charge in [-0.3, -0.25) is 9.59 Å². The molecular weight excluding hydrogens is 354 g/mol. The molecule has 0 aliphatic rings. The van der Waals surface area contributed by atoms with E-state index in [0.29, 0.717) is 18.9 Å². The van der Waals surface area contributed by atoms with Gasteiger partial charge in [-0.2, -0.15) is 0 Å². The minimum atomic E-state index is -0.270. The maximum absolute atomic E-state index is 12.0. The second-order valence-electron chi connectivity index (χ2n) is 4.57. The summed E-state index contributed by atoms with van der Waals surface area (Å²) in [5.74, 6) is 0.0992. The van der Waals surface area contributed by atoms with Crippen molar-refractivity contribution in [1.29, 1.82) is 0 Å². The zero-order valence-corrected chi connectivity index (χ0v) is 14.9. The number of hydrogen-bond acceptors (Lipinski definition) is 4. The number of halogens is 1. The number of carbonyl (C=O) groups is 2. The fraction of sp³-hybridized carbons (Fsp3) is 0.467. The van der Waals surface area contributed by atoms with Gasteiger partial charge in [0.2, 0.25) is 5.91 Å². The Morgan fingerprint density at radius 1 is 1.38 bits per heavy atom. The molecular formula is C15H20BrNO3S. The first-order chi connectivity index (χ1) is 9.93. The Morgan fingerprint density at radius 2 is 2.10 bits per heavy atom. The molecule has 0 atom stereocenters. The maximum Gasteiger partial charge on any atom is 0.307 e. The number of benzene rings is 1. The number of ether oxygens (including phenoxy) is 1. The Labute approximate surface area is 138 Å². The van der Waals surface area contributed by atoms with Crippen molar-refractivity contribution in [2.75, 3.05) is 26.0 Å². The topological polar surface area (TPSA) is 46.6 Å². The van der Waals surface area contributed by atoms with E-state index in [1.807, 2.05) is 25.1 Å². The van der Waals surface area contributed by atoms with Gasteiger partial charge in [0.1, 0.15) is 0 Å². The van der Waals surface area contributed by atoms with Gasteiger partial charge >= 0.3 is 5.97 Å². The molecule has 1 aromatic rings. The zero-order chi connectivity index (χ0) is 15.8. The predicted molar refractivity (Wildman–Crippen MR) is 88.5 cm³/mol. The summed E-state index contributed by atoms with van der Waals surface area (Å²) < 4.78 is 5.87. The zero-order valence-electron chi connectivity index (χ0n) is 12.5. The van der Waals surface area contributed by atoms with E-state index in [-0.39, 0.29) is 18.3 Å². The van der Waals surface area contributed by atoms with E-state index in [2.05, 4.69) is 15.9 Å². The van der Waals surface area contributed by atoms with Crippen molar-refractivity contribution in [3.8, 4) is 0 Å². The summed E-state index contributed by atoms with van der Waals surface area (Å²) in [6.45, 7) is 4.54. The lowest BCUT2D eigenvalue weighted by Crippen LogP contribution is -2.30. The summed E-state index contributed by atoms with van der Waals surface area (Å²) in [6.07, 6.45) is 0.234. The van der Waals surface area contributed by atoms with Crippen LogP contribution in [-0.4, -0.2) is 42.7 Å². The second-order valence-corrected chi connectivity index (χ2v) is 6.50. The van der Waals surface area contributed by atoms with Crippen LogP contribution in [0.4, 0.5) is 0 Å². The van der Waals surface area contributed by atoms with Crippen LogP contribution in [0.1, 0.15) is 18.9 Å². The molecule has 1 amide bonds. The first-order valence-corrected chi connectivity index (χ1v) is 8.50. The van der Waals surface area contributed by atoms with Crippen molar-refractivity contribution in [3.63, 3.8) is 0 Å². The van der Waals surface area contributed by atoms with Crippen LogP contribution in [0.3, 0.4) is 0 Å². The van der Waals surface area contributed by atoms with Crippen molar-refractivity contribution in [2.24, 2.45) is 0 Å². The Bertz CT molecular complexity index is 508. The van der Waals surface area contributed by atoms with Gasteiger partial charge in [-0.05, 0) is 37.6 Å². The van der Waals surface area contributed by atoms with Crippen molar-refractivity contribution in [1.82, 2.24) is 4.90 Å². The van der Waals surface area contributed by atoms with Crippen LogP contribution in [0.2, 0.25) is 0 Å². The van der Waals surface area contributed by atoms with Gasteiger partial charge in [-0.1, -0.05) is 15.9 Å². The molecule has 116 valence electrons. The fourth-order valence-electron chi connectivity index (χ4n) is 1.64. The molecule has 0 fully saturated rings. The number of nitrogens with zero attached hydrogens (tertiary/aromatic N) is 1. The minimum absolute atomic E-state index is 0.00613. The predicted octanol–water partition coefficient (Wildman–Crippen LogP) is 3.26. The van der Waals surface area contributed by atoms with Crippen LogP contribution >= 0.6 is 27.7 Å². The summed E-state index contributed by atoms with van der Waals surface area (Å²) in [7, 11) is 1.70. The molecule has 1 rings (SSSR count). The first-order valence-electron chi connectivity index (χ1n) is 6.72. The number of thioether (sulfide) groups is 1. The Hall–Kier alpha value is -1.01. The number of rotatable bonds is 7. The maximum atomic E-state index is 12.0. The monoisotopic (exact) mass is 373 g/mol. The van der Waals surface area contributed by atoms with E-state index in [1.165, 1.54) is 11.8 Å². The molecule has 0 saturated heterocycles. The molecule has 1 aromatic carbocycles. The van der Waals surface area contributed by atoms with E-state index < -0.39 is 0 Å². The third-order valence-electron chi connectivity index (χ3n) is 2.87. The smallest absolute Gasteiger partial charge is 0.307 e. The van der Waals surface area contributed by atoms with Crippen molar-refractivity contribution in [2.45, 2.75) is 25.2 Å². The molecule has 6 heteroatoms. The summed E-state index contributed by atoms with van der Waals surface area (Å²) in [6, 6.07) is 5.98. The summed E-state index contributed by atoms with van der Waals surface area (Å²) >= 11 is 4.93. The highest BCUT2D eigenvalue weighted by Crippen LogP contribution is 2.25. The van der Waals surface area contributed by atoms with Gasteiger partial charge in [0, 0.05) is 23.0 Å². The highest BCUT2D eigenvalue weighted by molar-refractivity contribution is 9.10. The summed E-state index contributed by atoms with van der Waals surface area (Å²) in [5, 5.41) is 0. The minimum Gasteiger partial charge on any atom is -0.466 e. The SMILES string of the molecule is CCOC(=O)CCN(C)C(=O)CSc1ccc(Br)cc1C. The number of hydrogen-bond donors (Lipinski definition) is 0. The van der Waals surface area contributed by atoms with Gasteiger partial charge in [-0.15, -0.1) is 11.8 Å². The van der Waals surface area contributed by atoms with Gasteiger partial charge in [0.15, 0.2) is 0 Å². The lowest BCUT2D eigenvalue weighted by atomic mass is 10.2. The van der Waals surface area contributed by atoms with Crippen LogP contribution in [0.15, 0.2) is 27.6 Å². The lowest BCUT2D eigenvalue weighted by Gasteiger charge is -2.16. The molecule has 0 radical (unpaired) electrons. The van der Waals surface area contributed by atoms with Crippen LogP contribution in [0, 0.1) is 6.92 Å². The van der Waals surface area contributed by atoms with Gasteiger partial charge < -0.3 is 9.64 Å². The first kappa shape index (κ1) is 18.0. The van der Waals surface area contributed by atoms with Crippen molar-refractivity contribution < 1.29 is 14.3 Å². The normalized spacial score (nSPS) is 10.3. The lowest BCUT2D eigenvalue weighted by molar-refractivity contribution is -0.143. The molecule has 21 heavy (non-hydrogen) atoms. The summed E-state index contributed by atoms with van der Waals surface area (Å²) in [4.78, 5) is 25.9. The van der Waals surface area contributed by atoms with Crippen LogP contribution in [-0.2, 0) is 14.3 Å². The molecule has 4 nitrogen and oxygen atoms in total. The Kier molecular flexibility index (Phi) is 7.82. The average molecular weight is 374 g/mol. The van der Waals surface area contributed by atoms with E-state index in [4.69, 9.17) is 4.74 Å². The molecule has 0 bridgehead atoms. The van der Waals surface area contributed by atoms with E-state index in [0.717, 1.165) is 14.9 Å². The average Bonchev–Trinajstić information content (AvgIpc) is 2.43. The van der Waals surface area contributed by atoms with E-state index in [1.54, 1.807) is 18.9 Å². The van der Waals surface area contributed by atoms with Crippen LogP contribution < -0.4 is 0 Å². The second kappa shape index (κ2) is 9.10. The van der Waals surface area contributed by atoms with E-state index >= 15 is 0 Å². The van der Waals surface area contributed by atoms with Gasteiger partial charge in [0.05, 0.1) is 18.8 Å². The standard InChI is InChI=1S/C15H20BrNO3S/c1-4-20-15(19)7-8-17(3)14(18)10-21-13-6-5-12(16)9-11(13)2/h5-6,9H,4,7-8,10H2,1-3H3. The molecule has 0 aromatic heterocycles. The van der Waals surface area contributed by atoms with Crippen LogP contribution in [0.5, 0.6) is 0 Å². The Morgan fingerprint density at radius 3 is 2.71 bits per heavy atom. The molecule has 0 aliphatic heterocycles. The third kappa shape index (κ3) is 6.52. The molecule has 0 spiro atoms. The number of carbonyl (C=O) groups excluding carboxylic acids is 2. The highest BCUT2D eigenvalue weighted by atomic mass is 79.9. The third-order valence-corrected chi connectivity index (χ3v) is 4.52. The highest BCUT2D eigenvalue weighted by Gasteiger charge is 2.12. The van der Waals surface area contributed by atoms with Crippen molar-refractivity contribution >= 4 is 39.6 Å². The van der Waals surface area contributed by atoms with Gasteiger partial charge in [-0.25, -0.2) is 0 Å². The molecule has 0 saturated carbocycles. The number of esters is 1. The number of amides is 1. The quantitative estimate of drug-likeness (QED) is 0.543. The molecule has 0 N–H and O–H groups in total. The molecule has 0 aliphatic carbocycles. The summed E-state index contributed by atoms with van der Waals surface area (Å²) in [5.41, 5.74) is 1.14. The Balaban J connectivity index is 2.40. The molecule has 0 unspecified atom stereocenters. The molecule has 0 heterocycles. The van der Waals surface area contributed by atoms with E-state index in [9.17, 15) is 9.59 Å². The number of aryl methyl sites for hydroxylation is 1. The van der Waals surface area contributed by atoms with Crippen molar-refractivity contribution in [3.05, 3.63) is 28.2 Å².